The van der Waals surface area contributed by atoms with Crippen LogP contribution < -0.4 is 11.1 Å². The van der Waals surface area contributed by atoms with Crippen LogP contribution in [0.1, 0.15) is 13.8 Å². The summed E-state index contributed by atoms with van der Waals surface area (Å²) < 4.78 is 0. The van der Waals surface area contributed by atoms with Crippen LogP contribution in [-0.2, 0) is 4.79 Å². The Morgan fingerprint density at radius 3 is 2.50 bits per heavy atom. The average Bonchev–Trinajstić information content (AvgIpc) is 2.06. The van der Waals surface area contributed by atoms with Gasteiger partial charge in [0.2, 0.25) is 5.91 Å². The number of carbonyl (C=O) groups excluding carboxylic acids is 2. The molecule has 68 valence electrons. The van der Waals surface area contributed by atoms with Gasteiger partial charge in [-0.2, -0.15) is 0 Å². The van der Waals surface area contributed by atoms with Crippen molar-refractivity contribution in [3.8, 4) is 0 Å². The number of urea groups is 1. The van der Waals surface area contributed by atoms with Crippen molar-refractivity contribution >= 4 is 11.9 Å². The van der Waals surface area contributed by atoms with Gasteiger partial charge in [0.1, 0.15) is 6.54 Å². The van der Waals surface area contributed by atoms with Crippen molar-refractivity contribution in [2.45, 2.75) is 19.4 Å². The van der Waals surface area contributed by atoms with E-state index in [4.69, 9.17) is 5.73 Å². The maximum Gasteiger partial charge on any atom is 0.324 e. The predicted octanol–water partition coefficient (Wildman–Crippen LogP) is -0.724. The van der Waals surface area contributed by atoms with Crippen molar-refractivity contribution in [3.05, 3.63) is 0 Å². The van der Waals surface area contributed by atoms with Crippen LogP contribution in [-0.4, -0.2) is 35.5 Å². The van der Waals surface area contributed by atoms with E-state index in [1.807, 2.05) is 13.8 Å². The number of nitrogens with one attached hydrogen (secondary N) is 1. The largest absolute Gasteiger partial charge is 0.324 e. The third-order valence-electron chi connectivity index (χ3n) is 1.47. The minimum atomic E-state index is -0.456. The lowest BCUT2D eigenvalue weighted by atomic mass is 10.1. The molecule has 1 fully saturated rings. The Bertz CT molecular complexity index is 219. The topological polar surface area (TPSA) is 75.4 Å². The fourth-order valence-corrected chi connectivity index (χ4v) is 1.10. The molecule has 1 rings (SSSR count). The zero-order valence-electron chi connectivity index (χ0n) is 7.26. The fourth-order valence-electron chi connectivity index (χ4n) is 1.10. The first-order valence-corrected chi connectivity index (χ1v) is 3.76. The second-order valence-electron chi connectivity index (χ2n) is 3.70. The molecule has 0 bridgehead atoms. The van der Waals surface area contributed by atoms with Gasteiger partial charge in [-0.15, -0.1) is 0 Å². The Morgan fingerprint density at radius 1 is 1.58 bits per heavy atom. The van der Waals surface area contributed by atoms with E-state index in [0.717, 1.165) is 0 Å². The average molecular weight is 171 g/mol. The standard InChI is InChI=1S/C7H13N3O2/c1-7(2,8)4-10-3-5(11)9-6(10)12/h3-4,8H2,1-2H3,(H,9,11,12). The van der Waals surface area contributed by atoms with E-state index in [1.165, 1.54) is 4.90 Å². The molecule has 3 amide bonds. The summed E-state index contributed by atoms with van der Waals surface area (Å²) in [6.45, 7) is 4.14. The zero-order valence-corrected chi connectivity index (χ0v) is 7.26. The Balaban J connectivity index is 2.54. The first-order chi connectivity index (χ1) is 5.38. The van der Waals surface area contributed by atoms with Crippen molar-refractivity contribution < 1.29 is 9.59 Å². The Morgan fingerprint density at radius 2 is 2.17 bits per heavy atom. The molecule has 0 aliphatic carbocycles. The molecule has 1 aliphatic rings. The molecule has 5 nitrogen and oxygen atoms in total. The molecule has 0 aromatic rings. The van der Waals surface area contributed by atoms with E-state index in [2.05, 4.69) is 5.32 Å². The van der Waals surface area contributed by atoms with Crippen molar-refractivity contribution in [1.29, 1.82) is 0 Å². The van der Waals surface area contributed by atoms with Gasteiger partial charge in [-0.05, 0) is 13.8 Å². The first-order valence-electron chi connectivity index (χ1n) is 3.76. The second kappa shape index (κ2) is 2.75. The number of hydrogen-bond acceptors (Lipinski definition) is 3. The molecular weight excluding hydrogens is 158 g/mol. The molecule has 0 unspecified atom stereocenters. The second-order valence-corrected chi connectivity index (χ2v) is 3.70. The Hall–Kier alpha value is -1.10. The maximum atomic E-state index is 11.0. The normalized spacial score (nSPS) is 18.4. The summed E-state index contributed by atoms with van der Waals surface area (Å²) in [6, 6.07) is -0.349. The molecular formula is C7H13N3O2. The minimum Gasteiger partial charge on any atom is -0.324 e. The van der Waals surface area contributed by atoms with Gasteiger partial charge in [0.05, 0.1) is 0 Å². The monoisotopic (exact) mass is 171 g/mol. The van der Waals surface area contributed by atoms with Crippen LogP contribution >= 0.6 is 0 Å². The lowest BCUT2D eigenvalue weighted by molar-refractivity contribution is -0.118. The van der Waals surface area contributed by atoms with E-state index < -0.39 is 5.54 Å². The fraction of sp³-hybridized carbons (Fsp3) is 0.714. The van der Waals surface area contributed by atoms with Gasteiger partial charge >= 0.3 is 6.03 Å². The molecule has 0 atom stereocenters. The summed E-state index contributed by atoms with van der Waals surface area (Å²) in [7, 11) is 0. The summed E-state index contributed by atoms with van der Waals surface area (Å²) in [6.07, 6.45) is 0. The highest BCUT2D eigenvalue weighted by atomic mass is 16.2. The van der Waals surface area contributed by atoms with Gasteiger partial charge < -0.3 is 10.6 Å². The van der Waals surface area contributed by atoms with E-state index in [9.17, 15) is 9.59 Å². The molecule has 12 heavy (non-hydrogen) atoms. The third kappa shape index (κ3) is 2.20. The molecule has 0 aromatic heterocycles. The number of hydrogen-bond donors (Lipinski definition) is 2. The van der Waals surface area contributed by atoms with Crippen LogP contribution in [0.5, 0.6) is 0 Å². The zero-order chi connectivity index (χ0) is 9.35. The molecule has 0 saturated carbocycles. The van der Waals surface area contributed by atoms with Crippen LogP contribution in [0, 0.1) is 0 Å². The number of imide groups is 1. The van der Waals surface area contributed by atoms with Crippen LogP contribution in [0.2, 0.25) is 0 Å². The van der Waals surface area contributed by atoms with Gasteiger partial charge in [0.25, 0.3) is 0 Å². The van der Waals surface area contributed by atoms with Gasteiger partial charge in [-0.3, -0.25) is 10.1 Å². The lowest BCUT2D eigenvalue weighted by Gasteiger charge is -2.24. The molecule has 3 N–H and O–H groups in total. The van der Waals surface area contributed by atoms with E-state index in [-0.39, 0.29) is 18.5 Å². The van der Waals surface area contributed by atoms with Gasteiger partial charge in [0, 0.05) is 12.1 Å². The third-order valence-corrected chi connectivity index (χ3v) is 1.47. The van der Waals surface area contributed by atoms with Gasteiger partial charge in [0.15, 0.2) is 0 Å². The summed E-state index contributed by atoms with van der Waals surface area (Å²) in [5.74, 6) is -0.260. The van der Waals surface area contributed by atoms with Crippen LogP contribution in [0.3, 0.4) is 0 Å². The van der Waals surface area contributed by atoms with Crippen molar-refractivity contribution in [3.63, 3.8) is 0 Å². The quantitative estimate of drug-likeness (QED) is 0.538. The van der Waals surface area contributed by atoms with Crippen molar-refractivity contribution in [2.75, 3.05) is 13.1 Å². The Kier molecular flexibility index (Phi) is 2.06. The highest BCUT2D eigenvalue weighted by molar-refractivity contribution is 6.01. The molecule has 5 heteroatoms. The first kappa shape index (κ1) is 8.99. The number of amides is 3. The predicted molar refractivity (Wildman–Crippen MR) is 43.4 cm³/mol. The van der Waals surface area contributed by atoms with E-state index in [1.54, 1.807) is 0 Å². The SMILES string of the molecule is CC(C)(N)CN1CC(=O)NC1=O. The number of nitrogens with zero attached hydrogens (tertiary/aromatic N) is 1. The smallest absolute Gasteiger partial charge is 0.324 e. The molecule has 1 saturated heterocycles. The van der Waals surface area contributed by atoms with Gasteiger partial charge in [-0.1, -0.05) is 0 Å². The van der Waals surface area contributed by atoms with Crippen LogP contribution in [0.25, 0.3) is 0 Å². The minimum absolute atomic E-state index is 0.124. The van der Waals surface area contributed by atoms with Crippen molar-refractivity contribution in [2.24, 2.45) is 5.73 Å². The Labute approximate surface area is 70.9 Å². The van der Waals surface area contributed by atoms with E-state index >= 15 is 0 Å². The lowest BCUT2D eigenvalue weighted by Crippen LogP contribution is -2.46. The van der Waals surface area contributed by atoms with Crippen LogP contribution in [0.15, 0.2) is 0 Å². The number of rotatable bonds is 2. The molecule has 1 aliphatic heterocycles. The van der Waals surface area contributed by atoms with Crippen LogP contribution in [0.4, 0.5) is 4.79 Å². The van der Waals surface area contributed by atoms with Gasteiger partial charge in [-0.25, -0.2) is 4.79 Å². The highest BCUT2D eigenvalue weighted by Crippen LogP contribution is 2.05. The number of carbonyl (C=O) groups is 2. The molecule has 0 spiro atoms. The van der Waals surface area contributed by atoms with E-state index in [0.29, 0.717) is 6.54 Å². The summed E-state index contributed by atoms with van der Waals surface area (Å²) >= 11 is 0. The molecule has 1 heterocycles. The summed E-state index contributed by atoms with van der Waals surface area (Å²) in [4.78, 5) is 23.1. The maximum absolute atomic E-state index is 11.0. The van der Waals surface area contributed by atoms with Crippen molar-refractivity contribution in [1.82, 2.24) is 10.2 Å². The summed E-state index contributed by atoms with van der Waals surface area (Å²) in [5, 5.41) is 2.18. The highest BCUT2D eigenvalue weighted by Gasteiger charge is 2.29. The number of nitrogens with two attached hydrogens (primary N) is 1. The summed E-state index contributed by atoms with van der Waals surface area (Å²) in [5.41, 5.74) is 5.23. The molecule has 0 radical (unpaired) electrons. The molecule has 0 aromatic carbocycles.